The van der Waals surface area contributed by atoms with Crippen LogP contribution >= 0.6 is 0 Å². The fourth-order valence-corrected chi connectivity index (χ4v) is 7.08. The van der Waals surface area contributed by atoms with Crippen molar-refractivity contribution in [3.63, 3.8) is 0 Å². The second-order valence-electron chi connectivity index (χ2n) is 10.3. The predicted octanol–water partition coefficient (Wildman–Crippen LogP) is 3.30. The molecule has 31 heavy (non-hydrogen) atoms. The molecule has 5 aliphatic rings. The third-order valence-corrected chi connectivity index (χ3v) is 8.16. The van der Waals surface area contributed by atoms with Crippen LogP contribution in [-0.2, 0) is 20.9 Å². The predicted molar refractivity (Wildman–Crippen MR) is 115 cm³/mol. The van der Waals surface area contributed by atoms with Gasteiger partial charge in [0.1, 0.15) is 6.04 Å². The molecular weight excluding hydrogens is 392 g/mol. The lowest BCUT2D eigenvalue weighted by Crippen LogP contribution is -2.53. The van der Waals surface area contributed by atoms with Gasteiger partial charge in [-0.1, -0.05) is 12.1 Å². The average molecular weight is 425 g/mol. The molecule has 166 valence electrons. The summed E-state index contributed by atoms with van der Waals surface area (Å²) in [6.45, 7) is 1.06. The largest absolute Gasteiger partial charge is 0.467 e. The normalized spacial score (nSPS) is 33.4. The summed E-state index contributed by atoms with van der Waals surface area (Å²) in [4.78, 5) is 39.5. The van der Waals surface area contributed by atoms with Gasteiger partial charge in [-0.2, -0.15) is 0 Å². The molecule has 1 aromatic rings. The van der Waals surface area contributed by atoms with E-state index in [0.717, 1.165) is 49.0 Å². The minimum absolute atomic E-state index is 0.136. The van der Waals surface area contributed by atoms with E-state index >= 15 is 0 Å². The van der Waals surface area contributed by atoms with E-state index in [0.29, 0.717) is 25.1 Å². The van der Waals surface area contributed by atoms with Crippen LogP contribution in [0.1, 0.15) is 67.3 Å². The zero-order chi connectivity index (χ0) is 21.6. The van der Waals surface area contributed by atoms with Gasteiger partial charge < -0.3 is 15.0 Å². The molecule has 2 amide bonds. The first-order valence-electron chi connectivity index (χ1n) is 11.7. The minimum atomic E-state index is -0.489. The Morgan fingerprint density at radius 1 is 1.03 bits per heavy atom. The van der Waals surface area contributed by atoms with E-state index in [1.54, 1.807) is 17.0 Å². The van der Waals surface area contributed by atoms with Crippen LogP contribution in [0.25, 0.3) is 0 Å². The number of benzene rings is 1. The summed E-state index contributed by atoms with van der Waals surface area (Å²) < 4.78 is 4.84. The van der Waals surface area contributed by atoms with Gasteiger partial charge in [0.15, 0.2) is 0 Å². The highest BCUT2D eigenvalue weighted by Crippen LogP contribution is 2.60. The molecule has 6 nitrogen and oxygen atoms in total. The van der Waals surface area contributed by atoms with Crippen molar-refractivity contribution < 1.29 is 19.1 Å². The van der Waals surface area contributed by atoms with Crippen LogP contribution in [-0.4, -0.2) is 42.4 Å². The van der Waals surface area contributed by atoms with Crippen LogP contribution in [0, 0.1) is 23.2 Å². The lowest BCUT2D eigenvalue weighted by molar-refractivity contribution is -0.146. The molecule has 1 aromatic carbocycles. The summed E-state index contributed by atoms with van der Waals surface area (Å²) in [6.07, 6.45) is 8.63. The van der Waals surface area contributed by atoms with E-state index in [4.69, 9.17) is 4.74 Å². The summed E-state index contributed by atoms with van der Waals surface area (Å²) in [5, 5.41) is 3.19. The van der Waals surface area contributed by atoms with Crippen molar-refractivity contribution in [3.8, 4) is 0 Å². The zero-order valence-corrected chi connectivity index (χ0v) is 18.3. The van der Waals surface area contributed by atoms with Crippen molar-refractivity contribution in [3.05, 3.63) is 35.4 Å². The zero-order valence-electron chi connectivity index (χ0n) is 18.3. The fourth-order valence-electron chi connectivity index (χ4n) is 7.08. The van der Waals surface area contributed by atoms with Gasteiger partial charge >= 0.3 is 5.97 Å². The number of rotatable bonds is 5. The van der Waals surface area contributed by atoms with Gasteiger partial charge in [0.2, 0.25) is 5.91 Å². The number of methoxy groups -OCH3 is 1. The van der Waals surface area contributed by atoms with Gasteiger partial charge in [-0.3, -0.25) is 9.59 Å². The quantitative estimate of drug-likeness (QED) is 0.736. The summed E-state index contributed by atoms with van der Waals surface area (Å²) in [5.41, 5.74) is 1.41. The summed E-state index contributed by atoms with van der Waals surface area (Å²) >= 11 is 0. The van der Waals surface area contributed by atoms with Gasteiger partial charge in [0, 0.05) is 24.1 Å². The number of esters is 1. The fraction of sp³-hybridized carbons (Fsp3) is 0.640. The van der Waals surface area contributed by atoms with Crippen molar-refractivity contribution in [1.29, 1.82) is 0 Å². The Bertz CT molecular complexity index is 843. The Morgan fingerprint density at radius 2 is 1.65 bits per heavy atom. The highest BCUT2D eigenvalue weighted by Gasteiger charge is 2.54. The molecule has 1 aliphatic heterocycles. The first kappa shape index (κ1) is 20.5. The number of nitrogens with one attached hydrogen (secondary N) is 1. The van der Waals surface area contributed by atoms with E-state index in [1.807, 2.05) is 12.1 Å². The Kier molecular flexibility index (Phi) is 5.27. The van der Waals surface area contributed by atoms with Crippen molar-refractivity contribution in [2.45, 2.75) is 64.0 Å². The smallest absolute Gasteiger partial charge is 0.328 e. The SMILES string of the molecule is COC(=O)C1CCCN1C(=O)c1ccc(CNC(=O)C23CC4CC(CC(C4)C2)C3)cc1. The van der Waals surface area contributed by atoms with E-state index in [1.165, 1.54) is 26.4 Å². The van der Waals surface area contributed by atoms with E-state index in [9.17, 15) is 14.4 Å². The molecule has 0 aromatic heterocycles. The second-order valence-corrected chi connectivity index (χ2v) is 10.3. The maximum absolute atomic E-state index is 13.1. The summed E-state index contributed by atoms with van der Waals surface area (Å²) in [5.74, 6) is 1.99. The highest BCUT2D eigenvalue weighted by atomic mass is 16.5. The van der Waals surface area contributed by atoms with E-state index < -0.39 is 6.04 Å². The molecule has 4 aliphatic carbocycles. The van der Waals surface area contributed by atoms with Crippen LogP contribution in [0.2, 0.25) is 0 Å². The van der Waals surface area contributed by atoms with Gasteiger partial charge in [-0.15, -0.1) is 0 Å². The Labute approximate surface area is 183 Å². The van der Waals surface area contributed by atoms with Crippen LogP contribution < -0.4 is 5.32 Å². The molecular formula is C25H32N2O4. The summed E-state index contributed by atoms with van der Waals surface area (Å²) in [6, 6.07) is 6.90. The van der Waals surface area contributed by atoms with Crippen LogP contribution in [0.3, 0.4) is 0 Å². The van der Waals surface area contributed by atoms with Gasteiger partial charge in [0.25, 0.3) is 5.91 Å². The maximum Gasteiger partial charge on any atom is 0.328 e. The third kappa shape index (κ3) is 3.74. The number of hydrogen-bond donors (Lipinski definition) is 1. The van der Waals surface area contributed by atoms with Crippen LogP contribution in [0.15, 0.2) is 24.3 Å². The maximum atomic E-state index is 13.1. The first-order valence-corrected chi connectivity index (χ1v) is 11.7. The number of carbonyl (C=O) groups is 3. The third-order valence-electron chi connectivity index (χ3n) is 8.16. The van der Waals surface area contributed by atoms with E-state index in [-0.39, 0.29) is 23.2 Å². The molecule has 1 N–H and O–H groups in total. The van der Waals surface area contributed by atoms with Crippen LogP contribution in [0.4, 0.5) is 0 Å². The molecule has 0 spiro atoms. The average Bonchev–Trinajstić information content (AvgIpc) is 3.26. The topological polar surface area (TPSA) is 75.7 Å². The molecule has 1 atom stereocenters. The number of hydrogen-bond acceptors (Lipinski definition) is 4. The molecule has 1 heterocycles. The molecule has 1 unspecified atom stereocenters. The number of ether oxygens (including phenoxy) is 1. The number of likely N-dealkylation sites (tertiary alicyclic amines) is 1. The lowest BCUT2D eigenvalue weighted by atomic mass is 9.49. The van der Waals surface area contributed by atoms with Crippen LogP contribution in [0.5, 0.6) is 0 Å². The molecule has 6 rings (SSSR count). The second kappa shape index (κ2) is 7.95. The molecule has 5 fully saturated rings. The van der Waals surface area contributed by atoms with Crippen molar-refractivity contribution in [1.82, 2.24) is 10.2 Å². The Balaban J connectivity index is 1.20. The minimum Gasteiger partial charge on any atom is -0.467 e. The number of carbonyl (C=O) groups excluding carboxylic acids is 3. The number of nitrogens with zero attached hydrogens (tertiary/aromatic N) is 1. The van der Waals surface area contributed by atoms with E-state index in [2.05, 4.69) is 5.32 Å². The molecule has 1 saturated heterocycles. The Morgan fingerprint density at radius 3 is 2.23 bits per heavy atom. The number of amides is 2. The lowest BCUT2D eigenvalue weighted by Gasteiger charge is -2.55. The standard InChI is InChI=1S/C25H32N2O4/c1-31-23(29)21-3-2-8-27(21)22(28)20-6-4-16(5-7-20)15-26-24(30)25-12-17-9-18(13-25)11-19(10-17)14-25/h4-7,17-19,21H,2-3,8-15H2,1H3,(H,26,30). The molecule has 4 saturated carbocycles. The monoisotopic (exact) mass is 424 g/mol. The van der Waals surface area contributed by atoms with Gasteiger partial charge in [-0.25, -0.2) is 4.79 Å². The van der Waals surface area contributed by atoms with Crippen molar-refractivity contribution in [2.75, 3.05) is 13.7 Å². The highest BCUT2D eigenvalue weighted by molar-refractivity contribution is 5.97. The van der Waals surface area contributed by atoms with Gasteiger partial charge in [0.05, 0.1) is 7.11 Å². The summed E-state index contributed by atoms with van der Waals surface area (Å²) in [7, 11) is 1.36. The van der Waals surface area contributed by atoms with Crippen molar-refractivity contribution in [2.24, 2.45) is 23.2 Å². The van der Waals surface area contributed by atoms with Gasteiger partial charge in [-0.05, 0) is 86.8 Å². The molecule has 4 bridgehead atoms. The van der Waals surface area contributed by atoms with Crippen molar-refractivity contribution >= 4 is 17.8 Å². The molecule has 6 heteroatoms. The first-order chi connectivity index (χ1) is 15.0. The Hall–Kier alpha value is -2.37. The molecule has 0 radical (unpaired) electrons.